The summed E-state index contributed by atoms with van der Waals surface area (Å²) in [5, 5.41) is 2.97. The lowest BCUT2D eigenvalue weighted by molar-refractivity contribution is -0.122. The third-order valence-corrected chi connectivity index (χ3v) is 4.40. The second-order valence-electron chi connectivity index (χ2n) is 6.11. The maximum Gasteiger partial charge on any atom is 0.244 e. The van der Waals surface area contributed by atoms with Crippen LogP contribution in [0, 0.1) is 0 Å². The summed E-state index contributed by atoms with van der Waals surface area (Å²) in [6.45, 7) is 0. The molecular formula is C17H24Cl2N4O. The number of carbonyl (C=O) groups is 1. The van der Waals surface area contributed by atoms with E-state index in [1.54, 1.807) is 6.20 Å². The van der Waals surface area contributed by atoms with Gasteiger partial charge in [0, 0.05) is 30.7 Å². The molecule has 5 nitrogen and oxygen atoms in total. The quantitative estimate of drug-likeness (QED) is 0.867. The normalized spacial score (nSPS) is 15.8. The summed E-state index contributed by atoms with van der Waals surface area (Å²) in [5.41, 5.74) is 7.29. The van der Waals surface area contributed by atoms with E-state index in [0.29, 0.717) is 0 Å². The van der Waals surface area contributed by atoms with Gasteiger partial charge in [-0.1, -0.05) is 31.4 Å². The number of benzene rings is 1. The number of halogens is 2. The number of aryl methyl sites for hydroxylation is 1. The number of aromatic nitrogens is 2. The Bertz CT molecular complexity index is 681. The molecule has 1 aliphatic carbocycles. The third-order valence-electron chi connectivity index (χ3n) is 4.40. The van der Waals surface area contributed by atoms with E-state index < -0.39 is 5.54 Å². The highest BCUT2D eigenvalue weighted by atomic mass is 35.5. The highest BCUT2D eigenvalue weighted by Crippen LogP contribution is 2.28. The Morgan fingerprint density at radius 1 is 1.25 bits per heavy atom. The number of carbonyl (C=O) groups excluding carboxylic acids is 1. The molecule has 0 unspecified atom stereocenters. The van der Waals surface area contributed by atoms with Crippen LogP contribution in [-0.2, 0) is 11.8 Å². The smallest absolute Gasteiger partial charge is 0.244 e. The van der Waals surface area contributed by atoms with Crippen molar-refractivity contribution < 1.29 is 4.79 Å². The lowest BCUT2D eigenvalue weighted by atomic mass is 9.82. The fraction of sp³-hybridized carbons (Fsp3) is 0.412. The minimum absolute atomic E-state index is 0. The van der Waals surface area contributed by atoms with Gasteiger partial charge in [-0.15, -0.1) is 24.8 Å². The minimum Gasteiger partial charge on any atom is -0.334 e. The van der Waals surface area contributed by atoms with Crippen LogP contribution in [0.5, 0.6) is 0 Å². The monoisotopic (exact) mass is 370 g/mol. The van der Waals surface area contributed by atoms with Crippen molar-refractivity contribution >= 4 is 36.4 Å². The summed E-state index contributed by atoms with van der Waals surface area (Å²) in [4.78, 5) is 16.8. The van der Waals surface area contributed by atoms with Crippen molar-refractivity contribution in [2.24, 2.45) is 12.8 Å². The lowest BCUT2D eigenvalue weighted by Crippen LogP contribution is -2.52. The summed E-state index contributed by atoms with van der Waals surface area (Å²) in [6, 6.07) is 7.73. The standard InChI is InChI=1S/C17H22N4O.2ClH/c1-21-11-10-19-15(21)13-6-5-7-14(12-13)20-16(22)17(18)8-3-2-4-9-17;;/h5-7,10-12H,2-4,8-9,18H2,1H3,(H,20,22);2*1H. The van der Waals surface area contributed by atoms with Gasteiger partial charge in [0.2, 0.25) is 5.91 Å². The SMILES string of the molecule is Cl.Cl.Cn1ccnc1-c1cccc(NC(=O)C2(N)CCCCC2)c1. The van der Waals surface area contributed by atoms with Crippen LogP contribution in [0.1, 0.15) is 32.1 Å². The number of hydrogen-bond donors (Lipinski definition) is 2. The van der Waals surface area contributed by atoms with E-state index >= 15 is 0 Å². The number of nitrogens with one attached hydrogen (secondary N) is 1. The number of nitrogens with zero attached hydrogens (tertiary/aromatic N) is 2. The van der Waals surface area contributed by atoms with Crippen molar-refractivity contribution in [3.05, 3.63) is 36.7 Å². The van der Waals surface area contributed by atoms with Crippen molar-refractivity contribution in [3.8, 4) is 11.4 Å². The molecule has 0 atom stereocenters. The van der Waals surface area contributed by atoms with Gasteiger partial charge in [0.15, 0.2) is 0 Å². The van der Waals surface area contributed by atoms with Crippen LogP contribution < -0.4 is 11.1 Å². The van der Waals surface area contributed by atoms with Crippen LogP contribution in [0.25, 0.3) is 11.4 Å². The van der Waals surface area contributed by atoms with Crippen molar-refractivity contribution in [1.82, 2.24) is 9.55 Å². The highest BCUT2D eigenvalue weighted by Gasteiger charge is 2.35. The lowest BCUT2D eigenvalue weighted by Gasteiger charge is -2.31. The van der Waals surface area contributed by atoms with E-state index in [-0.39, 0.29) is 30.7 Å². The molecule has 2 aromatic rings. The van der Waals surface area contributed by atoms with Crippen LogP contribution in [0.15, 0.2) is 36.7 Å². The van der Waals surface area contributed by atoms with Crippen molar-refractivity contribution in [2.45, 2.75) is 37.6 Å². The van der Waals surface area contributed by atoms with Gasteiger partial charge in [-0.2, -0.15) is 0 Å². The number of amides is 1. The van der Waals surface area contributed by atoms with Crippen LogP contribution in [0.2, 0.25) is 0 Å². The maximum absolute atomic E-state index is 12.5. The molecular weight excluding hydrogens is 347 g/mol. The van der Waals surface area contributed by atoms with Gasteiger partial charge in [-0.05, 0) is 25.0 Å². The Morgan fingerprint density at radius 2 is 1.96 bits per heavy atom. The summed E-state index contributed by atoms with van der Waals surface area (Å²) < 4.78 is 1.95. The molecule has 1 aromatic carbocycles. The van der Waals surface area contributed by atoms with Crippen molar-refractivity contribution in [3.63, 3.8) is 0 Å². The van der Waals surface area contributed by atoms with Crippen molar-refractivity contribution in [2.75, 3.05) is 5.32 Å². The van der Waals surface area contributed by atoms with E-state index in [1.807, 2.05) is 42.1 Å². The zero-order chi connectivity index (χ0) is 15.6. The number of hydrogen-bond acceptors (Lipinski definition) is 3. The molecule has 0 bridgehead atoms. The third kappa shape index (κ3) is 4.29. The van der Waals surface area contributed by atoms with Gasteiger partial charge in [0.25, 0.3) is 0 Å². The van der Waals surface area contributed by atoms with Crippen molar-refractivity contribution in [1.29, 1.82) is 0 Å². The zero-order valence-corrected chi connectivity index (χ0v) is 15.3. The molecule has 0 spiro atoms. The van der Waals surface area contributed by atoms with E-state index in [1.165, 1.54) is 6.42 Å². The molecule has 1 amide bonds. The van der Waals surface area contributed by atoms with Gasteiger partial charge in [-0.25, -0.2) is 4.98 Å². The molecule has 1 heterocycles. The number of anilines is 1. The fourth-order valence-electron chi connectivity index (χ4n) is 3.05. The minimum atomic E-state index is -0.725. The Hall–Kier alpha value is -1.56. The second kappa shape index (κ2) is 8.51. The van der Waals surface area contributed by atoms with E-state index in [0.717, 1.165) is 42.8 Å². The van der Waals surface area contributed by atoms with Gasteiger partial charge in [0.1, 0.15) is 5.82 Å². The molecule has 3 rings (SSSR count). The molecule has 1 aliphatic rings. The predicted octanol–water partition coefficient (Wildman–Crippen LogP) is 3.53. The Balaban J connectivity index is 0.00000144. The molecule has 1 aromatic heterocycles. The van der Waals surface area contributed by atoms with Crippen LogP contribution in [-0.4, -0.2) is 21.0 Å². The summed E-state index contributed by atoms with van der Waals surface area (Å²) >= 11 is 0. The molecule has 7 heteroatoms. The molecule has 0 radical (unpaired) electrons. The molecule has 1 saturated carbocycles. The maximum atomic E-state index is 12.5. The van der Waals surface area contributed by atoms with Crippen LogP contribution in [0.4, 0.5) is 5.69 Å². The predicted molar refractivity (Wildman–Crippen MR) is 102 cm³/mol. The fourth-order valence-corrected chi connectivity index (χ4v) is 3.05. The first kappa shape index (κ1) is 20.5. The molecule has 3 N–H and O–H groups in total. The van der Waals surface area contributed by atoms with Crippen LogP contribution in [0.3, 0.4) is 0 Å². The van der Waals surface area contributed by atoms with Gasteiger partial charge >= 0.3 is 0 Å². The molecule has 0 saturated heterocycles. The first-order valence-corrected chi connectivity index (χ1v) is 7.77. The molecule has 1 fully saturated rings. The summed E-state index contributed by atoms with van der Waals surface area (Å²) in [5.74, 6) is 0.792. The Labute approximate surface area is 154 Å². The van der Waals surface area contributed by atoms with E-state index in [4.69, 9.17) is 5.73 Å². The highest BCUT2D eigenvalue weighted by molar-refractivity contribution is 5.98. The van der Waals surface area contributed by atoms with Gasteiger partial charge in [0.05, 0.1) is 5.54 Å². The number of rotatable bonds is 3. The number of nitrogens with two attached hydrogens (primary N) is 1. The number of imidazole rings is 1. The largest absolute Gasteiger partial charge is 0.334 e. The first-order valence-electron chi connectivity index (χ1n) is 7.77. The Morgan fingerprint density at radius 3 is 2.58 bits per heavy atom. The average Bonchev–Trinajstić information content (AvgIpc) is 2.94. The van der Waals surface area contributed by atoms with Gasteiger partial charge in [-0.3, -0.25) is 4.79 Å². The van der Waals surface area contributed by atoms with Crippen LogP contribution >= 0.6 is 24.8 Å². The summed E-state index contributed by atoms with van der Waals surface area (Å²) in [6.07, 6.45) is 8.40. The molecule has 24 heavy (non-hydrogen) atoms. The summed E-state index contributed by atoms with van der Waals surface area (Å²) in [7, 11) is 1.95. The van der Waals surface area contributed by atoms with E-state index in [2.05, 4.69) is 10.3 Å². The average molecular weight is 371 g/mol. The Kier molecular flexibility index (Phi) is 7.27. The zero-order valence-electron chi connectivity index (χ0n) is 13.7. The molecule has 132 valence electrons. The van der Waals surface area contributed by atoms with Gasteiger partial charge < -0.3 is 15.6 Å². The molecule has 0 aliphatic heterocycles. The topological polar surface area (TPSA) is 72.9 Å². The van der Waals surface area contributed by atoms with E-state index in [9.17, 15) is 4.79 Å². The first-order chi connectivity index (χ1) is 10.6. The second-order valence-corrected chi connectivity index (χ2v) is 6.11.